The van der Waals surface area contributed by atoms with Crippen LogP contribution in [0.1, 0.15) is 0 Å². The molecule has 40 heavy (non-hydrogen) atoms. The first-order valence-electron chi connectivity index (χ1n) is 12.1. The average Bonchev–Trinajstić information content (AvgIpc) is 2.95. The molecule has 1 amide bonds. The summed E-state index contributed by atoms with van der Waals surface area (Å²) in [5, 5.41) is 3.13. The van der Waals surface area contributed by atoms with Crippen LogP contribution in [-0.2, 0) is 19.6 Å². The fourth-order valence-corrected chi connectivity index (χ4v) is 4.95. The third kappa shape index (κ3) is 6.87. The van der Waals surface area contributed by atoms with E-state index < -0.39 is 15.9 Å². The van der Waals surface area contributed by atoms with E-state index in [2.05, 4.69) is 20.0 Å². The molecular formula is C27H30N6O6S. The van der Waals surface area contributed by atoms with Gasteiger partial charge in [-0.25, -0.2) is 18.4 Å². The molecule has 0 bridgehead atoms. The number of methoxy groups -OCH3 is 3. The number of carbonyl (C=O) groups is 1. The topological polar surface area (TPSA) is 158 Å². The number of nitrogens with two attached hydrogens (primary N) is 1. The van der Waals surface area contributed by atoms with E-state index in [0.29, 0.717) is 47.1 Å². The van der Waals surface area contributed by atoms with Gasteiger partial charge in [-0.05, 0) is 30.3 Å². The Bertz CT molecular complexity index is 1590. The van der Waals surface area contributed by atoms with E-state index >= 15 is 0 Å². The molecule has 0 atom stereocenters. The highest BCUT2D eigenvalue weighted by Gasteiger charge is 2.21. The first-order chi connectivity index (χ1) is 19.2. The van der Waals surface area contributed by atoms with Crippen LogP contribution in [0.15, 0.2) is 71.6 Å². The summed E-state index contributed by atoms with van der Waals surface area (Å²) < 4.78 is 45.5. The molecule has 3 aromatic carbocycles. The van der Waals surface area contributed by atoms with Crippen molar-refractivity contribution in [2.75, 3.05) is 56.0 Å². The standard InChI is InChI=1S/C27H30N6O6S/c1-37-12-11-33(17-25(28)34)19-7-6-8-22(15-19)40(35,36)32-27-26(30-23-9-4-5-10-24(23)31-27)29-18-13-20(38-2)16-21(14-18)39-3/h4-10,13-16H,11-12,17H2,1-3H3,(H2,28,34)(H,29,30)(H,31,32). The molecule has 4 rings (SSSR count). The van der Waals surface area contributed by atoms with Crippen LogP contribution in [0, 0.1) is 0 Å². The van der Waals surface area contributed by atoms with E-state index in [-0.39, 0.29) is 23.1 Å². The summed E-state index contributed by atoms with van der Waals surface area (Å²) in [4.78, 5) is 22.4. The Labute approximate surface area is 232 Å². The van der Waals surface area contributed by atoms with Crippen molar-refractivity contribution in [3.63, 3.8) is 0 Å². The fourth-order valence-electron chi connectivity index (χ4n) is 3.90. The lowest BCUT2D eigenvalue weighted by molar-refractivity contribution is -0.116. The zero-order valence-corrected chi connectivity index (χ0v) is 23.1. The molecule has 0 aliphatic carbocycles. The van der Waals surface area contributed by atoms with Crippen LogP contribution >= 0.6 is 0 Å². The van der Waals surface area contributed by atoms with Gasteiger partial charge in [-0.15, -0.1) is 0 Å². The predicted octanol–water partition coefficient (Wildman–Crippen LogP) is 3.13. The summed E-state index contributed by atoms with van der Waals surface area (Å²) in [7, 11) is 0.449. The number of ether oxygens (including phenoxy) is 3. The number of carbonyl (C=O) groups excluding carboxylic acids is 1. The van der Waals surface area contributed by atoms with Gasteiger partial charge in [-0.3, -0.25) is 9.52 Å². The molecule has 0 aliphatic rings. The lowest BCUT2D eigenvalue weighted by Gasteiger charge is -2.23. The molecule has 1 heterocycles. The molecule has 12 nitrogen and oxygen atoms in total. The summed E-state index contributed by atoms with van der Waals surface area (Å²) >= 11 is 0. The fraction of sp³-hybridized carbons (Fsp3) is 0.222. The minimum absolute atomic E-state index is 0.0146. The third-order valence-corrected chi connectivity index (χ3v) is 7.16. The highest BCUT2D eigenvalue weighted by atomic mass is 32.2. The number of sulfonamides is 1. The molecule has 210 valence electrons. The van der Waals surface area contributed by atoms with Crippen molar-refractivity contribution >= 4 is 50.0 Å². The van der Waals surface area contributed by atoms with Gasteiger partial charge in [0.2, 0.25) is 5.91 Å². The molecule has 1 aromatic heterocycles. The zero-order chi connectivity index (χ0) is 28.7. The van der Waals surface area contributed by atoms with E-state index in [9.17, 15) is 13.2 Å². The number of hydrogen-bond donors (Lipinski definition) is 3. The zero-order valence-electron chi connectivity index (χ0n) is 22.2. The highest BCUT2D eigenvalue weighted by Crippen LogP contribution is 2.32. The van der Waals surface area contributed by atoms with Gasteiger partial charge >= 0.3 is 0 Å². The monoisotopic (exact) mass is 566 g/mol. The smallest absolute Gasteiger partial charge is 0.263 e. The Hall–Kier alpha value is -4.62. The molecule has 13 heteroatoms. The maximum atomic E-state index is 13.6. The van der Waals surface area contributed by atoms with Crippen molar-refractivity contribution in [1.29, 1.82) is 0 Å². The SMILES string of the molecule is COCCN(CC(N)=O)c1cccc(S(=O)(=O)Nc2nc3ccccc3nc2Nc2cc(OC)cc(OC)c2)c1. The summed E-state index contributed by atoms with van der Waals surface area (Å²) in [6, 6.07) is 18.4. The van der Waals surface area contributed by atoms with Gasteiger partial charge in [-0.1, -0.05) is 18.2 Å². The molecular weight excluding hydrogens is 536 g/mol. The molecule has 0 aliphatic heterocycles. The summed E-state index contributed by atoms with van der Waals surface area (Å²) in [5.74, 6) is 0.661. The van der Waals surface area contributed by atoms with Crippen LogP contribution < -0.4 is 30.1 Å². The molecule has 0 radical (unpaired) electrons. The van der Waals surface area contributed by atoms with E-state index in [1.54, 1.807) is 53.4 Å². The van der Waals surface area contributed by atoms with E-state index in [1.807, 2.05) is 6.07 Å². The molecule has 0 spiro atoms. The molecule has 0 saturated heterocycles. The quantitative estimate of drug-likeness (QED) is 0.220. The number of para-hydroxylation sites is 2. The van der Waals surface area contributed by atoms with Crippen LogP contribution in [0.25, 0.3) is 11.0 Å². The minimum Gasteiger partial charge on any atom is -0.497 e. The summed E-state index contributed by atoms with van der Waals surface area (Å²) in [5.41, 5.74) is 7.49. The van der Waals surface area contributed by atoms with Crippen molar-refractivity contribution in [2.24, 2.45) is 5.73 Å². The third-order valence-electron chi connectivity index (χ3n) is 5.82. The maximum Gasteiger partial charge on any atom is 0.263 e. The highest BCUT2D eigenvalue weighted by molar-refractivity contribution is 7.92. The molecule has 4 aromatic rings. The van der Waals surface area contributed by atoms with E-state index in [0.717, 1.165) is 0 Å². The van der Waals surface area contributed by atoms with Gasteiger partial charge in [0.25, 0.3) is 10.0 Å². The number of primary amides is 1. The number of hydrogen-bond acceptors (Lipinski definition) is 10. The number of rotatable bonds is 13. The Kier molecular flexibility index (Phi) is 8.86. The second-order valence-corrected chi connectivity index (χ2v) is 10.3. The normalized spacial score (nSPS) is 11.2. The number of fused-ring (bicyclic) bond motifs is 1. The Balaban J connectivity index is 1.72. The van der Waals surface area contributed by atoms with Crippen molar-refractivity contribution < 1.29 is 27.4 Å². The molecule has 0 fully saturated rings. The Morgan fingerprint density at radius 2 is 1.55 bits per heavy atom. The first-order valence-corrected chi connectivity index (χ1v) is 13.6. The van der Waals surface area contributed by atoms with Gasteiger partial charge in [0, 0.05) is 43.2 Å². The molecule has 0 saturated carbocycles. The van der Waals surface area contributed by atoms with E-state index in [4.69, 9.17) is 19.9 Å². The van der Waals surface area contributed by atoms with E-state index in [1.165, 1.54) is 33.5 Å². The van der Waals surface area contributed by atoms with Crippen LogP contribution in [0.3, 0.4) is 0 Å². The number of aromatic nitrogens is 2. The van der Waals surface area contributed by atoms with Gasteiger partial charge in [0.1, 0.15) is 11.5 Å². The first kappa shape index (κ1) is 28.4. The minimum atomic E-state index is -4.14. The lowest BCUT2D eigenvalue weighted by atomic mass is 10.2. The van der Waals surface area contributed by atoms with Gasteiger partial charge < -0.3 is 30.2 Å². The van der Waals surface area contributed by atoms with Crippen molar-refractivity contribution in [3.05, 3.63) is 66.7 Å². The van der Waals surface area contributed by atoms with Crippen LogP contribution in [0.2, 0.25) is 0 Å². The van der Waals surface area contributed by atoms with Crippen molar-refractivity contribution in [2.45, 2.75) is 4.90 Å². The Morgan fingerprint density at radius 3 is 2.15 bits per heavy atom. The lowest BCUT2D eigenvalue weighted by Crippen LogP contribution is -2.36. The van der Waals surface area contributed by atoms with Crippen LogP contribution in [0.4, 0.5) is 23.0 Å². The van der Waals surface area contributed by atoms with Gasteiger partial charge in [0.05, 0.1) is 43.3 Å². The molecule has 0 unspecified atom stereocenters. The largest absolute Gasteiger partial charge is 0.497 e. The maximum absolute atomic E-state index is 13.6. The Morgan fingerprint density at radius 1 is 0.900 bits per heavy atom. The number of nitrogens with zero attached hydrogens (tertiary/aromatic N) is 3. The van der Waals surface area contributed by atoms with Crippen molar-refractivity contribution in [1.82, 2.24) is 9.97 Å². The number of amides is 1. The summed E-state index contributed by atoms with van der Waals surface area (Å²) in [6.45, 7) is 0.554. The number of benzene rings is 3. The van der Waals surface area contributed by atoms with Crippen LogP contribution in [0.5, 0.6) is 11.5 Å². The number of anilines is 4. The van der Waals surface area contributed by atoms with Gasteiger partial charge in [0.15, 0.2) is 11.6 Å². The predicted molar refractivity (Wildman–Crippen MR) is 153 cm³/mol. The second kappa shape index (κ2) is 12.5. The van der Waals surface area contributed by atoms with Crippen LogP contribution in [-0.4, -0.2) is 65.3 Å². The molecule has 4 N–H and O–H groups in total. The van der Waals surface area contributed by atoms with Gasteiger partial charge in [-0.2, -0.15) is 0 Å². The van der Waals surface area contributed by atoms with Crippen molar-refractivity contribution in [3.8, 4) is 11.5 Å². The second-order valence-electron chi connectivity index (χ2n) is 8.62. The summed E-state index contributed by atoms with van der Waals surface area (Å²) in [6.07, 6.45) is 0. The number of nitrogens with one attached hydrogen (secondary N) is 2. The average molecular weight is 567 g/mol.